The quantitative estimate of drug-likeness (QED) is 0.459. The summed E-state index contributed by atoms with van der Waals surface area (Å²) >= 11 is 6.39. The molecule has 1 aliphatic carbocycles. The molecule has 2 fully saturated rings. The van der Waals surface area contributed by atoms with Crippen molar-refractivity contribution in [2.45, 2.75) is 50.2 Å². The number of benzene rings is 1. The summed E-state index contributed by atoms with van der Waals surface area (Å²) < 4.78 is 51.2. The van der Waals surface area contributed by atoms with Gasteiger partial charge in [0.25, 0.3) is 5.56 Å². The molecule has 2 aromatic heterocycles. The van der Waals surface area contributed by atoms with Crippen LogP contribution in [0.15, 0.2) is 29.2 Å². The van der Waals surface area contributed by atoms with E-state index in [1.54, 1.807) is 37.1 Å². The van der Waals surface area contributed by atoms with Gasteiger partial charge < -0.3 is 24.8 Å². The van der Waals surface area contributed by atoms with Crippen molar-refractivity contribution >= 4 is 45.6 Å². The van der Waals surface area contributed by atoms with Gasteiger partial charge in [0.15, 0.2) is 12.4 Å². The maximum atomic E-state index is 14.9. The minimum absolute atomic E-state index is 0.123. The fraction of sp³-hybridized carbons (Fsp3) is 0.500. The molecule has 8 nitrogen and oxygen atoms in total. The third-order valence-corrected chi connectivity index (χ3v) is 7.81. The van der Waals surface area contributed by atoms with Crippen LogP contribution in [0.5, 0.6) is 5.75 Å². The van der Waals surface area contributed by atoms with Crippen molar-refractivity contribution in [3.05, 3.63) is 39.8 Å². The van der Waals surface area contributed by atoms with Crippen LogP contribution in [0.3, 0.4) is 0 Å². The highest BCUT2D eigenvalue weighted by atomic mass is 35.5. The lowest BCUT2D eigenvalue weighted by molar-refractivity contribution is -0.0579. The molecule has 3 aromatic rings. The summed E-state index contributed by atoms with van der Waals surface area (Å²) in [6.45, 7) is 1.53. The lowest BCUT2D eigenvalue weighted by Gasteiger charge is -2.35. The molecule has 0 bridgehead atoms. The van der Waals surface area contributed by atoms with Crippen LogP contribution in [-0.2, 0) is 7.05 Å². The zero-order chi connectivity index (χ0) is 26.8. The van der Waals surface area contributed by atoms with E-state index < -0.39 is 29.8 Å². The Morgan fingerprint density at radius 2 is 2.05 bits per heavy atom. The average molecular weight is 549 g/mol. The van der Waals surface area contributed by atoms with E-state index in [0.29, 0.717) is 60.6 Å². The molecule has 4 heterocycles. The first-order valence-corrected chi connectivity index (χ1v) is 13.1. The molecule has 0 radical (unpaired) electrons. The number of aromatic nitrogens is 3. The number of pyridine rings is 1. The molecule has 202 valence electrons. The number of anilines is 4. The Morgan fingerprint density at radius 1 is 1.26 bits per heavy atom. The van der Waals surface area contributed by atoms with Gasteiger partial charge in [-0.1, -0.05) is 11.6 Å². The van der Waals surface area contributed by atoms with Crippen molar-refractivity contribution in [1.82, 2.24) is 14.5 Å². The molecular formula is C26H28ClF3N6O2. The second-order valence-electron chi connectivity index (χ2n) is 10.7. The Bertz CT molecular complexity index is 1480. The van der Waals surface area contributed by atoms with Gasteiger partial charge >= 0.3 is 5.92 Å². The first-order valence-electron chi connectivity index (χ1n) is 12.7. The fourth-order valence-corrected chi connectivity index (χ4v) is 5.52. The van der Waals surface area contributed by atoms with Crippen molar-refractivity contribution in [3.63, 3.8) is 0 Å². The molecule has 38 heavy (non-hydrogen) atoms. The minimum atomic E-state index is -3.12. The van der Waals surface area contributed by atoms with E-state index in [4.69, 9.17) is 16.3 Å². The van der Waals surface area contributed by atoms with E-state index in [-0.39, 0.29) is 28.9 Å². The summed E-state index contributed by atoms with van der Waals surface area (Å²) in [6, 6.07) is 4.09. The molecule has 12 heteroatoms. The third-order valence-electron chi connectivity index (χ3n) is 7.53. The lowest BCUT2D eigenvalue weighted by Crippen LogP contribution is -2.44. The predicted molar refractivity (Wildman–Crippen MR) is 141 cm³/mol. The number of rotatable bonds is 4. The first-order chi connectivity index (χ1) is 18.0. The van der Waals surface area contributed by atoms with Crippen LogP contribution in [0.1, 0.15) is 32.6 Å². The molecule has 2 N–H and O–H groups in total. The van der Waals surface area contributed by atoms with Crippen molar-refractivity contribution in [2.75, 3.05) is 35.2 Å². The zero-order valence-electron chi connectivity index (χ0n) is 21.0. The Kier molecular flexibility index (Phi) is 5.89. The number of aryl methyl sites for hydroxylation is 1. The average Bonchev–Trinajstić information content (AvgIpc) is 3.71. The van der Waals surface area contributed by atoms with E-state index in [2.05, 4.69) is 20.6 Å². The largest absolute Gasteiger partial charge is 0.480 e. The molecule has 6 rings (SSSR count). The number of fused-ring (bicyclic) bond motifs is 3. The fourth-order valence-electron chi connectivity index (χ4n) is 5.39. The predicted octanol–water partition coefficient (Wildman–Crippen LogP) is 5.27. The maximum absolute atomic E-state index is 14.9. The van der Waals surface area contributed by atoms with Gasteiger partial charge in [-0.3, -0.25) is 4.79 Å². The summed E-state index contributed by atoms with van der Waals surface area (Å²) in [5.41, 5.74) is -0.436. The monoisotopic (exact) mass is 548 g/mol. The lowest BCUT2D eigenvalue weighted by atomic mass is 9.97. The molecule has 1 saturated carbocycles. The number of nitrogens with zero attached hydrogens (tertiary/aromatic N) is 4. The zero-order valence-corrected chi connectivity index (χ0v) is 21.8. The summed E-state index contributed by atoms with van der Waals surface area (Å²) in [4.78, 5) is 23.6. The molecule has 1 unspecified atom stereocenters. The summed E-state index contributed by atoms with van der Waals surface area (Å²) in [5, 5.41) is 6.96. The van der Waals surface area contributed by atoms with E-state index in [0.717, 1.165) is 0 Å². The second-order valence-corrected chi connectivity index (χ2v) is 11.1. The van der Waals surface area contributed by atoms with Gasteiger partial charge in [0.05, 0.1) is 30.0 Å². The van der Waals surface area contributed by atoms with Crippen LogP contribution in [0.25, 0.3) is 10.9 Å². The third kappa shape index (κ3) is 4.50. The molecule has 0 spiro atoms. The highest BCUT2D eigenvalue weighted by Crippen LogP contribution is 2.45. The van der Waals surface area contributed by atoms with E-state index >= 15 is 0 Å². The summed E-state index contributed by atoms with van der Waals surface area (Å²) in [7, 11) is 1.58. The van der Waals surface area contributed by atoms with Crippen LogP contribution in [-0.4, -0.2) is 51.9 Å². The first kappa shape index (κ1) is 25.1. The van der Waals surface area contributed by atoms with Gasteiger partial charge in [-0.05, 0) is 56.7 Å². The highest BCUT2D eigenvalue weighted by molar-refractivity contribution is 6.32. The normalized spacial score (nSPS) is 24.8. The second kappa shape index (κ2) is 8.93. The van der Waals surface area contributed by atoms with Crippen molar-refractivity contribution in [3.8, 4) is 5.75 Å². The van der Waals surface area contributed by atoms with Crippen LogP contribution < -0.4 is 25.8 Å². The molecule has 0 amide bonds. The van der Waals surface area contributed by atoms with E-state index in [1.807, 2.05) is 0 Å². The molecular weight excluding hydrogens is 521 g/mol. The van der Waals surface area contributed by atoms with E-state index in [9.17, 15) is 18.0 Å². The number of ether oxygens (including phenoxy) is 1. The Balaban J connectivity index is 1.38. The standard InChI is InChI=1S/C26H28ClF3N6O2/c1-25(28)8-3-9-36(12-25)24-31-11-17(27)22(34-24)32-15-6-7-18-16(10-15)19-20(23(37)35(18)2)38-13-26(29,30)21(33-19)14-4-5-14/h6-7,10-11,14,21,33H,3-5,8-9,12-13H2,1-2H3,(H,31,32,34)/t21-,25?/m0/s1. The number of hydrogen-bond donors (Lipinski definition) is 2. The highest BCUT2D eigenvalue weighted by Gasteiger charge is 2.51. The molecule has 2 aliphatic heterocycles. The Morgan fingerprint density at radius 3 is 2.79 bits per heavy atom. The van der Waals surface area contributed by atoms with Gasteiger partial charge in [-0.2, -0.15) is 4.98 Å². The number of halogens is 4. The van der Waals surface area contributed by atoms with Crippen LogP contribution in [0, 0.1) is 5.92 Å². The van der Waals surface area contributed by atoms with Crippen LogP contribution >= 0.6 is 11.6 Å². The van der Waals surface area contributed by atoms with Crippen molar-refractivity contribution in [1.29, 1.82) is 0 Å². The Hall–Kier alpha value is -3.21. The number of piperidine rings is 1. The SMILES string of the molecule is Cn1c(=O)c2c(c3cc(Nc4nc(N5CCCC(C)(F)C5)ncc4Cl)ccc31)N[C@@H](C1CC1)C(F)(F)CO2. The van der Waals surface area contributed by atoms with E-state index in [1.165, 1.54) is 10.8 Å². The van der Waals surface area contributed by atoms with Gasteiger partial charge in [0.1, 0.15) is 10.7 Å². The Labute approximate surface area is 222 Å². The van der Waals surface area contributed by atoms with Gasteiger partial charge in [-0.15, -0.1) is 0 Å². The molecule has 3 aliphatic rings. The smallest absolute Gasteiger partial charge is 0.301 e. The molecule has 1 aromatic carbocycles. The van der Waals surface area contributed by atoms with Gasteiger partial charge in [-0.25, -0.2) is 18.2 Å². The number of alkyl halides is 3. The molecule has 2 atom stereocenters. The summed E-state index contributed by atoms with van der Waals surface area (Å²) in [5.74, 6) is -2.74. The van der Waals surface area contributed by atoms with Gasteiger partial charge in [0, 0.05) is 24.7 Å². The van der Waals surface area contributed by atoms with Crippen LogP contribution in [0.4, 0.5) is 36.3 Å². The van der Waals surface area contributed by atoms with Crippen molar-refractivity contribution in [2.24, 2.45) is 13.0 Å². The maximum Gasteiger partial charge on any atom is 0.301 e. The minimum Gasteiger partial charge on any atom is -0.480 e. The summed E-state index contributed by atoms with van der Waals surface area (Å²) in [6.07, 6.45) is 4.03. The van der Waals surface area contributed by atoms with Gasteiger partial charge in [0.2, 0.25) is 11.7 Å². The molecule has 1 saturated heterocycles. The topological polar surface area (TPSA) is 84.3 Å². The van der Waals surface area contributed by atoms with Crippen molar-refractivity contribution < 1.29 is 17.9 Å². The number of hydrogen-bond acceptors (Lipinski definition) is 7. The van der Waals surface area contributed by atoms with Crippen LogP contribution in [0.2, 0.25) is 5.02 Å². The number of nitrogens with one attached hydrogen (secondary N) is 2.